The third kappa shape index (κ3) is 5.60. The molecule has 0 N–H and O–H groups in total. The Bertz CT molecular complexity index is 1030. The van der Waals surface area contributed by atoms with Crippen molar-refractivity contribution < 1.29 is 9.59 Å². The standard InChI is InChI=1S/C24H32N6O3/c1-26(24(33)20-8-9-30(17-20)21-14-22(31)27(2)25-15-21)18-23(32)29-12-10-28(11-13-29)16-19-6-4-3-5-7-19/h3-7,14-15,20H,8-13,16-18H2,1-2H3. The molecule has 2 aliphatic rings. The molecular weight excluding hydrogens is 420 g/mol. The van der Waals surface area contributed by atoms with E-state index in [-0.39, 0.29) is 29.8 Å². The molecule has 2 fully saturated rings. The zero-order chi connectivity index (χ0) is 23.4. The number of piperazine rings is 1. The van der Waals surface area contributed by atoms with E-state index in [1.807, 2.05) is 28.0 Å². The fourth-order valence-corrected chi connectivity index (χ4v) is 4.52. The van der Waals surface area contributed by atoms with Crippen molar-refractivity contribution in [2.45, 2.75) is 13.0 Å². The van der Waals surface area contributed by atoms with Gasteiger partial charge in [0.25, 0.3) is 5.56 Å². The second kappa shape index (κ2) is 10.2. The van der Waals surface area contributed by atoms with Crippen LogP contribution in [0.4, 0.5) is 5.69 Å². The van der Waals surface area contributed by atoms with Gasteiger partial charge in [-0.25, -0.2) is 4.68 Å². The van der Waals surface area contributed by atoms with Crippen LogP contribution in [0.1, 0.15) is 12.0 Å². The number of benzene rings is 1. The molecule has 0 radical (unpaired) electrons. The molecule has 2 saturated heterocycles. The Hall–Kier alpha value is -3.20. The first-order chi connectivity index (χ1) is 15.9. The number of anilines is 1. The van der Waals surface area contributed by atoms with Gasteiger partial charge in [-0.1, -0.05) is 30.3 Å². The van der Waals surface area contributed by atoms with Crippen molar-refractivity contribution in [3.8, 4) is 0 Å². The van der Waals surface area contributed by atoms with E-state index >= 15 is 0 Å². The van der Waals surface area contributed by atoms with Crippen LogP contribution in [0.3, 0.4) is 0 Å². The highest BCUT2D eigenvalue weighted by atomic mass is 16.2. The molecule has 33 heavy (non-hydrogen) atoms. The van der Waals surface area contributed by atoms with Crippen LogP contribution in [0.5, 0.6) is 0 Å². The van der Waals surface area contributed by atoms with Gasteiger partial charge in [0.05, 0.1) is 24.3 Å². The number of rotatable bonds is 6. The van der Waals surface area contributed by atoms with Crippen molar-refractivity contribution in [3.05, 3.63) is 58.5 Å². The number of hydrogen-bond donors (Lipinski definition) is 0. The quantitative estimate of drug-likeness (QED) is 0.632. The van der Waals surface area contributed by atoms with Crippen LogP contribution < -0.4 is 10.5 Å². The Morgan fingerprint density at radius 1 is 1.09 bits per heavy atom. The molecule has 2 amide bonds. The predicted octanol–water partition coefficient (Wildman–Crippen LogP) is 0.409. The van der Waals surface area contributed by atoms with Gasteiger partial charge in [-0.15, -0.1) is 0 Å². The summed E-state index contributed by atoms with van der Waals surface area (Å²) < 4.78 is 1.28. The number of nitrogens with zero attached hydrogens (tertiary/aromatic N) is 6. The summed E-state index contributed by atoms with van der Waals surface area (Å²) in [5, 5.41) is 4.06. The molecule has 4 rings (SSSR count). The SMILES string of the molecule is CN(CC(=O)N1CCN(Cc2ccccc2)CC1)C(=O)C1CCN(c2cnn(C)c(=O)c2)C1. The van der Waals surface area contributed by atoms with E-state index in [0.29, 0.717) is 32.6 Å². The highest BCUT2D eigenvalue weighted by molar-refractivity contribution is 5.86. The van der Waals surface area contributed by atoms with Gasteiger partial charge in [-0.2, -0.15) is 5.10 Å². The summed E-state index contributed by atoms with van der Waals surface area (Å²) in [5.74, 6) is -0.212. The topological polar surface area (TPSA) is 82.0 Å². The number of carbonyl (C=O) groups excluding carboxylic acids is 2. The van der Waals surface area contributed by atoms with Crippen molar-refractivity contribution in [3.63, 3.8) is 0 Å². The van der Waals surface area contributed by atoms with Gasteiger partial charge in [0.15, 0.2) is 0 Å². The molecular formula is C24H32N6O3. The van der Waals surface area contributed by atoms with E-state index < -0.39 is 0 Å². The van der Waals surface area contributed by atoms with Crippen molar-refractivity contribution in [2.24, 2.45) is 13.0 Å². The largest absolute Gasteiger partial charge is 0.369 e. The van der Waals surface area contributed by atoms with Gasteiger partial charge in [0, 0.05) is 66.0 Å². The first-order valence-electron chi connectivity index (χ1n) is 11.5. The third-order valence-corrected chi connectivity index (χ3v) is 6.58. The molecule has 1 aromatic carbocycles. The molecule has 2 aromatic rings. The second-order valence-corrected chi connectivity index (χ2v) is 8.94. The average molecular weight is 453 g/mol. The Labute approximate surface area is 194 Å². The molecule has 1 unspecified atom stereocenters. The summed E-state index contributed by atoms with van der Waals surface area (Å²) in [6.45, 7) is 5.24. The molecule has 0 aliphatic carbocycles. The maximum absolute atomic E-state index is 13.0. The summed E-state index contributed by atoms with van der Waals surface area (Å²) in [6.07, 6.45) is 2.35. The van der Waals surface area contributed by atoms with Crippen LogP contribution in [0.2, 0.25) is 0 Å². The maximum atomic E-state index is 13.0. The summed E-state index contributed by atoms with van der Waals surface area (Å²) in [4.78, 5) is 45.4. The van der Waals surface area contributed by atoms with E-state index in [0.717, 1.165) is 25.3 Å². The minimum atomic E-state index is -0.186. The Kier molecular flexibility index (Phi) is 7.08. The molecule has 3 heterocycles. The van der Waals surface area contributed by atoms with E-state index in [1.165, 1.54) is 10.2 Å². The summed E-state index contributed by atoms with van der Waals surface area (Å²) in [5.41, 5.74) is 1.84. The predicted molar refractivity (Wildman–Crippen MR) is 126 cm³/mol. The fraction of sp³-hybridized carbons (Fsp3) is 0.500. The van der Waals surface area contributed by atoms with Gasteiger partial charge in [-0.3, -0.25) is 19.3 Å². The number of aromatic nitrogens is 2. The van der Waals surface area contributed by atoms with Crippen LogP contribution in [0.25, 0.3) is 0 Å². The minimum Gasteiger partial charge on any atom is -0.369 e. The van der Waals surface area contributed by atoms with E-state index in [9.17, 15) is 14.4 Å². The van der Waals surface area contributed by atoms with E-state index in [4.69, 9.17) is 0 Å². The molecule has 0 saturated carbocycles. The van der Waals surface area contributed by atoms with Crippen LogP contribution in [0.15, 0.2) is 47.4 Å². The summed E-state index contributed by atoms with van der Waals surface area (Å²) >= 11 is 0. The van der Waals surface area contributed by atoms with E-state index in [2.05, 4.69) is 22.1 Å². The number of carbonyl (C=O) groups is 2. The Morgan fingerprint density at radius 3 is 2.52 bits per heavy atom. The summed E-state index contributed by atoms with van der Waals surface area (Å²) in [6, 6.07) is 11.9. The van der Waals surface area contributed by atoms with Gasteiger partial charge in [0.2, 0.25) is 11.8 Å². The smallest absolute Gasteiger partial charge is 0.268 e. The Morgan fingerprint density at radius 2 is 1.82 bits per heavy atom. The van der Waals surface area contributed by atoms with Crippen molar-refractivity contribution in [2.75, 3.05) is 57.8 Å². The van der Waals surface area contributed by atoms with Gasteiger partial charge in [0.1, 0.15) is 0 Å². The molecule has 176 valence electrons. The van der Waals surface area contributed by atoms with Gasteiger partial charge < -0.3 is 14.7 Å². The molecule has 9 heteroatoms. The van der Waals surface area contributed by atoms with Crippen molar-refractivity contribution >= 4 is 17.5 Å². The van der Waals surface area contributed by atoms with Crippen molar-refractivity contribution in [1.29, 1.82) is 0 Å². The minimum absolute atomic E-state index is 0.00387. The normalized spacial score (nSPS) is 19.0. The van der Waals surface area contributed by atoms with Crippen LogP contribution in [0, 0.1) is 5.92 Å². The van der Waals surface area contributed by atoms with Crippen LogP contribution in [-0.4, -0.2) is 89.2 Å². The van der Waals surface area contributed by atoms with Gasteiger partial charge >= 0.3 is 0 Å². The number of likely N-dealkylation sites (N-methyl/N-ethyl adjacent to an activating group) is 1. The average Bonchev–Trinajstić information content (AvgIpc) is 3.31. The zero-order valence-corrected chi connectivity index (χ0v) is 19.4. The van der Waals surface area contributed by atoms with Gasteiger partial charge in [-0.05, 0) is 12.0 Å². The van der Waals surface area contributed by atoms with Crippen LogP contribution >= 0.6 is 0 Å². The molecule has 2 aliphatic heterocycles. The molecule has 0 bridgehead atoms. The number of aryl methyl sites for hydroxylation is 1. The second-order valence-electron chi connectivity index (χ2n) is 8.94. The summed E-state index contributed by atoms with van der Waals surface area (Å²) in [7, 11) is 3.31. The third-order valence-electron chi connectivity index (χ3n) is 6.58. The maximum Gasteiger partial charge on any atom is 0.268 e. The fourth-order valence-electron chi connectivity index (χ4n) is 4.52. The number of amides is 2. The lowest BCUT2D eigenvalue weighted by molar-refractivity contribution is -0.142. The number of hydrogen-bond acceptors (Lipinski definition) is 6. The monoisotopic (exact) mass is 452 g/mol. The molecule has 1 atom stereocenters. The van der Waals surface area contributed by atoms with Crippen LogP contribution in [-0.2, 0) is 23.2 Å². The molecule has 9 nitrogen and oxygen atoms in total. The first-order valence-corrected chi connectivity index (χ1v) is 11.5. The highest BCUT2D eigenvalue weighted by Crippen LogP contribution is 2.23. The lowest BCUT2D eigenvalue weighted by Crippen LogP contribution is -2.51. The van der Waals surface area contributed by atoms with Crippen molar-refractivity contribution in [1.82, 2.24) is 24.5 Å². The highest BCUT2D eigenvalue weighted by Gasteiger charge is 2.32. The zero-order valence-electron chi connectivity index (χ0n) is 19.4. The lowest BCUT2D eigenvalue weighted by Gasteiger charge is -2.35. The first kappa shape index (κ1) is 23.0. The lowest BCUT2D eigenvalue weighted by atomic mass is 10.1. The van der Waals surface area contributed by atoms with E-state index in [1.54, 1.807) is 31.3 Å². The molecule has 0 spiro atoms. The Balaban J connectivity index is 1.24. The molecule has 1 aromatic heterocycles.